The van der Waals surface area contributed by atoms with Gasteiger partial charge in [-0.3, -0.25) is 4.98 Å². The summed E-state index contributed by atoms with van der Waals surface area (Å²) in [5.41, 5.74) is 1.11. The second-order valence-electron chi connectivity index (χ2n) is 4.25. The van der Waals surface area contributed by atoms with Crippen molar-refractivity contribution in [3.05, 3.63) is 35.7 Å². The van der Waals surface area contributed by atoms with Crippen molar-refractivity contribution in [2.24, 2.45) is 0 Å². The molecule has 0 bridgehead atoms. The molecule has 0 aromatic carbocycles. The number of aromatic nitrogens is 1. The molecule has 1 aromatic heterocycles. The SMILES string of the molecule is CC1(C)C/C(=C/c2ccccn2)C(=O)O1. The van der Waals surface area contributed by atoms with Crippen LogP contribution in [-0.4, -0.2) is 16.6 Å². The molecule has 0 aliphatic carbocycles. The lowest BCUT2D eigenvalue weighted by atomic mass is 10.0. The average molecular weight is 203 g/mol. The predicted octanol–water partition coefficient (Wildman–Crippen LogP) is 2.19. The monoisotopic (exact) mass is 203 g/mol. The lowest BCUT2D eigenvalue weighted by Gasteiger charge is -2.13. The summed E-state index contributed by atoms with van der Waals surface area (Å²) in [7, 11) is 0. The van der Waals surface area contributed by atoms with Gasteiger partial charge in [0.15, 0.2) is 0 Å². The lowest BCUT2D eigenvalue weighted by Crippen LogP contribution is -2.17. The van der Waals surface area contributed by atoms with Crippen LogP contribution >= 0.6 is 0 Å². The molecule has 0 unspecified atom stereocenters. The molecule has 0 spiro atoms. The maximum absolute atomic E-state index is 11.5. The molecule has 2 heterocycles. The molecule has 0 N–H and O–H groups in total. The van der Waals surface area contributed by atoms with Gasteiger partial charge in [-0.15, -0.1) is 0 Å². The van der Waals surface area contributed by atoms with Crippen LogP contribution < -0.4 is 0 Å². The molecular formula is C12H13NO2. The minimum Gasteiger partial charge on any atom is -0.456 e. The molecule has 0 saturated carbocycles. The van der Waals surface area contributed by atoms with Crippen LogP contribution in [0.15, 0.2) is 30.0 Å². The van der Waals surface area contributed by atoms with E-state index in [4.69, 9.17) is 4.74 Å². The van der Waals surface area contributed by atoms with Crippen molar-refractivity contribution >= 4 is 12.0 Å². The Hall–Kier alpha value is -1.64. The quantitative estimate of drug-likeness (QED) is 0.518. The third-order valence-electron chi connectivity index (χ3n) is 2.26. The molecule has 1 aliphatic heterocycles. The van der Waals surface area contributed by atoms with Crippen LogP contribution in [0.25, 0.3) is 6.08 Å². The largest absolute Gasteiger partial charge is 0.456 e. The Morgan fingerprint density at radius 2 is 2.27 bits per heavy atom. The van der Waals surface area contributed by atoms with Crippen molar-refractivity contribution in [1.29, 1.82) is 0 Å². The van der Waals surface area contributed by atoms with Crippen LogP contribution in [0.5, 0.6) is 0 Å². The zero-order chi connectivity index (χ0) is 10.9. The molecular weight excluding hydrogens is 190 g/mol. The van der Waals surface area contributed by atoms with Crippen LogP contribution in [-0.2, 0) is 9.53 Å². The summed E-state index contributed by atoms with van der Waals surface area (Å²) in [6, 6.07) is 5.61. The van der Waals surface area contributed by atoms with Gasteiger partial charge in [-0.25, -0.2) is 4.79 Å². The highest BCUT2D eigenvalue weighted by Crippen LogP contribution is 2.30. The average Bonchev–Trinajstić information content (AvgIpc) is 2.41. The van der Waals surface area contributed by atoms with Crippen LogP contribution in [0.1, 0.15) is 26.0 Å². The molecule has 0 radical (unpaired) electrons. The molecule has 3 nitrogen and oxygen atoms in total. The Balaban J connectivity index is 2.26. The van der Waals surface area contributed by atoms with E-state index >= 15 is 0 Å². The number of cyclic esters (lactones) is 1. The van der Waals surface area contributed by atoms with Gasteiger partial charge >= 0.3 is 5.97 Å². The zero-order valence-corrected chi connectivity index (χ0v) is 8.86. The number of carbonyl (C=O) groups excluding carboxylic acids is 1. The van der Waals surface area contributed by atoms with E-state index in [2.05, 4.69) is 4.98 Å². The van der Waals surface area contributed by atoms with Gasteiger partial charge in [0.1, 0.15) is 5.60 Å². The van der Waals surface area contributed by atoms with E-state index in [1.165, 1.54) is 0 Å². The van der Waals surface area contributed by atoms with Gasteiger partial charge in [-0.2, -0.15) is 0 Å². The number of ether oxygens (including phenoxy) is 1. The highest BCUT2D eigenvalue weighted by atomic mass is 16.6. The van der Waals surface area contributed by atoms with Crippen LogP contribution in [0, 0.1) is 0 Å². The zero-order valence-electron chi connectivity index (χ0n) is 8.86. The van der Waals surface area contributed by atoms with E-state index in [1.807, 2.05) is 32.0 Å². The Bertz CT molecular complexity index is 407. The Morgan fingerprint density at radius 1 is 1.47 bits per heavy atom. The van der Waals surface area contributed by atoms with Crippen LogP contribution in [0.2, 0.25) is 0 Å². The van der Waals surface area contributed by atoms with Gasteiger partial charge in [0.25, 0.3) is 0 Å². The summed E-state index contributed by atoms with van der Waals surface area (Å²) in [5.74, 6) is -0.231. The summed E-state index contributed by atoms with van der Waals surface area (Å²) in [6.45, 7) is 3.81. The minimum atomic E-state index is -0.377. The maximum Gasteiger partial charge on any atom is 0.334 e. The fourth-order valence-corrected chi connectivity index (χ4v) is 1.63. The number of nitrogens with zero attached hydrogens (tertiary/aromatic N) is 1. The number of hydrogen-bond acceptors (Lipinski definition) is 3. The second-order valence-corrected chi connectivity index (χ2v) is 4.25. The molecule has 1 saturated heterocycles. The first kappa shape index (κ1) is 9.90. The van der Waals surface area contributed by atoms with Gasteiger partial charge in [-0.1, -0.05) is 6.07 Å². The summed E-state index contributed by atoms with van der Waals surface area (Å²) >= 11 is 0. The number of hydrogen-bond donors (Lipinski definition) is 0. The minimum absolute atomic E-state index is 0.231. The summed E-state index contributed by atoms with van der Waals surface area (Å²) < 4.78 is 5.20. The van der Waals surface area contributed by atoms with Crippen molar-refractivity contribution in [3.8, 4) is 0 Å². The second kappa shape index (κ2) is 3.50. The summed E-state index contributed by atoms with van der Waals surface area (Å²) in [5, 5.41) is 0. The van der Waals surface area contributed by atoms with E-state index < -0.39 is 0 Å². The molecule has 0 atom stereocenters. The van der Waals surface area contributed by atoms with E-state index in [0.29, 0.717) is 12.0 Å². The van der Waals surface area contributed by atoms with Gasteiger partial charge in [0.05, 0.1) is 5.69 Å². The van der Waals surface area contributed by atoms with Gasteiger partial charge in [-0.05, 0) is 32.1 Å². The third-order valence-corrected chi connectivity index (χ3v) is 2.26. The van der Waals surface area contributed by atoms with Crippen molar-refractivity contribution < 1.29 is 9.53 Å². The Labute approximate surface area is 88.8 Å². The molecule has 3 heteroatoms. The Kier molecular flexibility index (Phi) is 2.31. The summed E-state index contributed by atoms with van der Waals surface area (Å²) in [4.78, 5) is 15.6. The fourth-order valence-electron chi connectivity index (χ4n) is 1.63. The third kappa shape index (κ3) is 2.24. The first-order chi connectivity index (χ1) is 7.07. The van der Waals surface area contributed by atoms with Crippen LogP contribution in [0.4, 0.5) is 0 Å². The number of rotatable bonds is 1. The normalized spacial score (nSPS) is 21.7. The first-order valence-electron chi connectivity index (χ1n) is 4.92. The topological polar surface area (TPSA) is 39.2 Å². The van der Waals surface area contributed by atoms with E-state index in [-0.39, 0.29) is 11.6 Å². The highest BCUT2D eigenvalue weighted by molar-refractivity contribution is 5.95. The first-order valence-corrected chi connectivity index (χ1v) is 4.92. The van der Waals surface area contributed by atoms with Crippen LogP contribution in [0.3, 0.4) is 0 Å². The van der Waals surface area contributed by atoms with E-state index in [1.54, 1.807) is 12.3 Å². The number of esters is 1. The molecule has 78 valence electrons. The van der Waals surface area contributed by atoms with Crippen molar-refractivity contribution in [3.63, 3.8) is 0 Å². The van der Waals surface area contributed by atoms with Crippen molar-refractivity contribution in [2.75, 3.05) is 0 Å². The van der Waals surface area contributed by atoms with E-state index in [0.717, 1.165) is 5.69 Å². The highest BCUT2D eigenvalue weighted by Gasteiger charge is 2.35. The standard InChI is InChI=1S/C12H13NO2/c1-12(2)8-9(11(14)15-12)7-10-5-3-4-6-13-10/h3-7H,8H2,1-2H3/b9-7-. The van der Waals surface area contributed by atoms with Crippen molar-refractivity contribution in [1.82, 2.24) is 4.98 Å². The van der Waals surface area contributed by atoms with Crippen molar-refractivity contribution in [2.45, 2.75) is 25.9 Å². The molecule has 1 fully saturated rings. The maximum atomic E-state index is 11.5. The van der Waals surface area contributed by atoms with E-state index in [9.17, 15) is 4.79 Å². The molecule has 0 amide bonds. The summed E-state index contributed by atoms with van der Waals surface area (Å²) in [6.07, 6.45) is 4.14. The van der Waals surface area contributed by atoms with Gasteiger partial charge < -0.3 is 4.74 Å². The van der Waals surface area contributed by atoms with Gasteiger partial charge in [0, 0.05) is 18.2 Å². The number of carbonyl (C=O) groups is 1. The van der Waals surface area contributed by atoms with Gasteiger partial charge in [0.2, 0.25) is 0 Å². The predicted molar refractivity (Wildman–Crippen MR) is 57.0 cm³/mol. The fraction of sp³-hybridized carbons (Fsp3) is 0.333. The number of pyridine rings is 1. The molecule has 1 aliphatic rings. The molecule has 15 heavy (non-hydrogen) atoms. The molecule has 1 aromatic rings. The lowest BCUT2D eigenvalue weighted by molar-refractivity contribution is -0.143. The smallest absolute Gasteiger partial charge is 0.334 e. The Morgan fingerprint density at radius 3 is 2.80 bits per heavy atom. The molecule has 2 rings (SSSR count).